The molecule has 3 aromatic rings. The average Bonchev–Trinajstić information content (AvgIpc) is 3.05. The molecule has 0 aliphatic heterocycles. The second kappa shape index (κ2) is 7.47. The van der Waals surface area contributed by atoms with Crippen molar-refractivity contribution in [1.82, 2.24) is 18.7 Å². The number of anilines is 1. The van der Waals surface area contributed by atoms with E-state index in [1.54, 1.807) is 7.05 Å². The molecule has 0 spiro atoms. The van der Waals surface area contributed by atoms with E-state index in [-0.39, 0.29) is 11.2 Å². The molecule has 1 aliphatic rings. The standard InChI is InChI=1S/C20H24ClN5O2/c1-24-17-16(18(27)25(2)20(24)28)26(12-13-8-6-7-11-15(13)21)19(23-17)22-14-9-4-3-5-10-14/h6-8,11,14H,3-5,9-10,12H2,1-2H3,(H,22,23). The molecule has 1 saturated carbocycles. The molecule has 0 amide bonds. The molecule has 0 saturated heterocycles. The van der Waals surface area contributed by atoms with E-state index in [1.165, 1.54) is 30.9 Å². The van der Waals surface area contributed by atoms with Gasteiger partial charge in [-0.3, -0.25) is 18.5 Å². The van der Waals surface area contributed by atoms with Crippen LogP contribution in [-0.4, -0.2) is 24.7 Å². The first-order valence-corrected chi connectivity index (χ1v) is 10.0. The summed E-state index contributed by atoms with van der Waals surface area (Å²) in [7, 11) is 3.13. The minimum atomic E-state index is -0.385. The molecular weight excluding hydrogens is 378 g/mol. The van der Waals surface area contributed by atoms with Crippen molar-refractivity contribution in [3.63, 3.8) is 0 Å². The van der Waals surface area contributed by atoms with Gasteiger partial charge in [-0.1, -0.05) is 49.1 Å². The SMILES string of the molecule is Cn1c(=O)c2c(nc(NC3CCCCC3)n2Cc2ccccc2Cl)n(C)c1=O. The van der Waals surface area contributed by atoms with Crippen molar-refractivity contribution in [2.75, 3.05) is 5.32 Å². The van der Waals surface area contributed by atoms with Crippen LogP contribution in [0, 0.1) is 0 Å². The second-order valence-corrected chi connectivity index (χ2v) is 7.88. The molecule has 0 radical (unpaired) electrons. The van der Waals surface area contributed by atoms with Crippen LogP contribution in [0.15, 0.2) is 33.9 Å². The molecule has 2 heterocycles. The molecule has 0 bridgehead atoms. The summed E-state index contributed by atoms with van der Waals surface area (Å²) in [4.78, 5) is 29.9. The van der Waals surface area contributed by atoms with Crippen molar-refractivity contribution in [1.29, 1.82) is 0 Å². The Hall–Kier alpha value is -2.54. The van der Waals surface area contributed by atoms with Crippen LogP contribution in [0.25, 0.3) is 11.2 Å². The van der Waals surface area contributed by atoms with Gasteiger partial charge in [0.05, 0.1) is 6.54 Å². The third-order valence-corrected chi connectivity index (χ3v) is 5.94. The fraction of sp³-hybridized carbons (Fsp3) is 0.450. The van der Waals surface area contributed by atoms with Crippen LogP contribution in [0.1, 0.15) is 37.7 Å². The van der Waals surface area contributed by atoms with Gasteiger partial charge in [-0.25, -0.2) is 4.79 Å². The predicted molar refractivity (Wildman–Crippen MR) is 111 cm³/mol. The molecule has 1 fully saturated rings. The van der Waals surface area contributed by atoms with Crippen LogP contribution < -0.4 is 16.6 Å². The highest BCUT2D eigenvalue weighted by molar-refractivity contribution is 6.31. The Bertz CT molecular complexity index is 1140. The fourth-order valence-electron chi connectivity index (χ4n) is 3.94. The highest BCUT2D eigenvalue weighted by Crippen LogP contribution is 2.25. The maximum atomic E-state index is 12.9. The van der Waals surface area contributed by atoms with Crippen molar-refractivity contribution in [3.8, 4) is 0 Å². The lowest BCUT2D eigenvalue weighted by Gasteiger charge is -2.23. The normalized spacial score (nSPS) is 15.2. The van der Waals surface area contributed by atoms with E-state index < -0.39 is 0 Å². The van der Waals surface area contributed by atoms with Crippen molar-refractivity contribution < 1.29 is 0 Å². The van der Waals surface area contributed by atoms with Crippen molar-refractivity contribution in [2.24, 2.45) is 14.1 Å². The summed E-state index contributed by atoms with van der Waals surface area (Å²) in [5.74, 6) is 0.611. The number of hydrogen-bond donors (Lipinski definition) is 1. The fourth-order valence-corrected chi connectivity index (χ4v) is 4.13. The van der Waals surface area contributed by atoms with E-state index in [9.17, 15) is 9.59 Å². The molecule has 0 unspecified atom stereocenters. The van der Waals surface area contributed by atoms with Crippen molar-refractivity contribution >= 4 is 28.7 Å². The molecule has 1 aliphatic carbocycles. The Morgan fingerprint density at radius 2 is 1.82 bits per heavy atom. The zero-order chi connectivity index (χ0) is 19.8. The summed E-state index contributed by atoms with van der Waals surface area (Å²) in [6.45, 7) is 0.401. The van der Waals surface area contributed by atoms with E-state index in [4.69, 9.17) is 11.6 Å². The second-order valence-electron chi connectivity index (χ2n) is 7.47. The minimum absolute atomic E-state index is 0.316. The number of fused-ring (bicyclic) bond motifs is 1. The number of benzene rings is 1. The van der Waals surface area contributed by atoms with Gasteiger partial charge in [0.15, 0.2) is 11.2 Å². The van der Waals surface area contributed by atoms with Crippen LogP contribution in [0.5, 0.6) is 0 Å². The topological polar surface area (TPSA) is 73.8 Å². The average molecular weight is 402 g/mol. The highest BCUT2D eigenvalue weighted by Gasteiger charge is 2.22. The first-order valence-electron chi connectivity index (χ1n) is 9.63. The third kappa shape index (κ3) is 3.24. The number of aromatic nitrogens is 4. The first kappa shape index (κ1) is 18.8. The van der Waals surface area contributed by atoms with Gasteiger partial charge in [0, 0.05) is 25.2 Å². The number of nitrogens with one attached hydrogen (secondary N) is 1. The van der Waals surface area contributed by atoms with Gasteiger partial charge in [0.25, 0.3) is 5.56 Å². The number of hydrogen-bond acceptors (Lipinski definition) is 4. The summed E-state index contributed by atoms with van der Waals surface area (Å²) in [5.41, 5.74) is 0.950. The van der Waals surface area contributed by atoms with Crippen LogP contribution in [-0.2, 0) is 20.6 Å². The zero-order valence-corrected chi connectivity index (χ0v) is 16.9. The quantitative estimate of drug-likeness (QED) is 0.729. The van der Waals surface area contributed by atoms with Gasteiger partial charge in [-0.05, 0) is 24.5 Å². The summed E-state index contributed by atoms with van der Waals surface area (Å²) in [6.07, 6.45) is 5.77. The zero-order valence-electron chi connectivity index (χ0n) is 16.1. The number of imidazole rings is 1. The monoisotopic (exact) mass is 401 g/mol. The summed E-state index contributed by atoms with van der Waals surface area (Å²) in [5, 5.41) is 4.15. The summed E-state index contributed by atoms with van der Waals surface area (Å²) >= 11 is 6.37. The van der Waals surface area contributed by atoms with E-state index in [0.29, 0.717) is 34.7 Å². The largest absolute Gasteiger partial charge is 0.353 e. The lowest BCUT2D eigenvalue weighted by atomic mass is 9.96. The molecular formula is C20H24ClN5O2. The lowest BCUT2D eigenvalue weighted by molar-refractivity contribution is 0.459. The third-order valence-electron chi connectivity index (χ3n) is 5.57. The Morgan fingerprint density at radius 3 is 2.54 bits per heavy atom. The predicted octanol–water partition coefficient (Wildman–Crippen LogP) is 2.88. The Labute approximate surface area is 167 Å². The summed E-state index contributed by atoms with van der Waals surface area (Å²) < 4.78 is 4.40. The number of halogens is 1. The molecule has 7 nitrogen and oxygen atoms in total. The Kier molecular flexibility index (Phi) is 5.02. The molecule has 2 aromatic heterocycles. The molecule has 28 heavy (non-hydrogen) atoms. The van der Waals surface area contributed by atoms with Crippen LogP contribution >= 0.6 is 11.6 Å². The van der Waals surface area contributed by atoms with Gasteiger partial charge in [-0.15, -0.1) is 0 Å². The molecule has 1 N–H and O–H groups in total. The van der Waals surface area contributed by atoms with Gasteiger partial charge in [0.1, 0.15) is 0 Å². The molecule has 148 valence electrons. The van der Waals surface area contributed by atoms with Crippen LogP contribution in [0.2, 0.25) is 5.02 Å². The number of nitrogens with zero attached hydrogens (tertiary/aromatic N) is 4. The highest BCUT2D eigenvalue weighted by atomic mass is 35.5. The van der Waals surface area contributed by atoms with Gasteiger partial charge < -0.3 is 5.32 Å². The molecule has 1 aromatic carbocycles. The van der Waals surface area contributed by atoms with Crippen LogP contribution in [0.4, 0.5) is 5.95 Å². The van der Waals surface area contributed by atoms with Gasteiger partial charge >= 0.3 is 5.69 Å². The summed E-state index contributed by atoms with van der Waals surface area (Å²) in [6, 6.07) is 7.88. The van der Waals surface area contributed by atoms with Gasteiger partial charge in [-0.2, -0.15) is 4.98 Å². The maximum absolute atomic E-state index is 12.9. The molecule has 4 rings (SSSR count). The van der Waals surface area contributed by atoms with E-state index in [0.717, 1.165) is 23.0 Å². The smallest absolute Gasteiger partial charge is 0.332 e. The van der Waals surface area contributed by atoms with Crippen molar-refractivity contribution in [3.05, 3.63) is 55.7 Å². The Morgan fingerprint density at radius 1 is 1.11 bits per heavy atom. The lowest BCUT2D eigenvalue weighted by Crippen LogP contribution is -2.37. The molecule has 8 heteroatoms. The first-order chi connectivity index (χ1) is 13.5. The maximum Gasteiger partial charge on any atom is 0.332 e. The van der Waals surface area contributed by atoms with E-state index >= 15 is 0 Å². The van der Waals surface area contributed by atoms with Crippen LogP contribution in [0.3, 0.4) is 0 Å². The molecule has 0 atom stereocenters. The number of aryl methyl sites for hydroxylation is 1. The number of rotatable bonds is 4. The van der Waals surface area contributed by atoms with E-state index in [2.05, 4.69) is 10.3 Å². The minimum Gasteiger partial charge on any atom is -0.353 e. The van der Waals surface area contributed by atoms with Crippen molar-refractivity contribution in [2.45, 2.75) is 44.7 Å². The Balaban J connectivity index is 1.90. The van der Waals surface area contributed by atoms with Gasteiger partial charge in [0.2, 0.25) is 5.95 Å². The van der Waals surface area contributed by atoms with E-state index in [1.807, 2.05) is 28.8 Å².